The molecule has 0 unspecified atom stereocenters. The highest BCUT2D eigenvalue weighted by atomic mass is 16.5. The molecule has 2 aromatic carbocycles. The van der Waals surface area contributed by atoms with Crippen LogP contribution < -0.4 is 9.47 Å². The third kappa shape index (κ3) is 3.11. The number of fused-ring (bicyclic) bond motifs is 1. The van der Waals surface area contributed by atoms with E-state index in [1.165, 1.54) is 0 Å². The highest BCUT2D eigenvalue weighted by Gasteiger charge is 2.09. The zero-order chi connectivity index (χ0) is 17.9. The molecule has 2 aromatic heterocycles. The van der Waals surface area contributed by atoms with Crippen molar-refractivity contribution in [3.05, 3.63) is 72.2 Å². The maximum atomic E-state index is 5.37. The average molecular weight is 345 g/mol. The normalized spacial score (nSPS) is 10.8. The summed E-state index contributed by atoms with van der Waals surface area (Å²) >= 11 is 0. The number of pyridine rings is 1. The number of aromatic nitrogens is 3. The number of rotatable bonds is 5. The van der Waals surface area contributed by atoms with Crippen LogP contribution in [0.3, 0.4) is 0 Å². The van der Waals surface area contributed by atoms with Crippen molar-refractivity contribution in [1.82, 2.24) is 15.0 Å². The third-order valence-electron chi connectivity index (χ3n) is 4.31. The Kier molecular flexibility index (Phi) is 4.27. The topological polar surface area (TPSA) is 60.0 Å². The number of nitrogens with one attached hydrogen (secondary N) is 1. The van der Waals surface area contributed by atoms with Gasteiger partial charge in [-0.2, -0.15) is 0 Å². The minimum absolute atomic E-state index is 0.664. The SMILES string of the molecule is COc1ccc(Cc2nc3cc(-c4ccccc4)cnc3[nH]2)cc1OC. The van der Waals surface area contributed by atoms with Crippen molar-refractivity contribution in [3.63, 3.8) is 0 Å². The summed E-state index contributed by atoms with van der Waals surface area (Å²) in [6.45, 7) is 0. The molecule has 0 saturated heterocycles. The summed E-state index contributed by atoms with van der Waals surface area (Å²) in [5.74, 6) is 2.30. The Bertz CT molecular complexity index is 1040. The van der Waals surface area contributed by atoms with Gasteiger partial charge in [-0.15, -0.1) is 0 Å². The fourth-order valence-corrected chi connectivity index (χ4v) is 3.00. The number of methoxy groups -OCH3 is 2. The van der Waals surface area contributed by atoms with Gasteiger partial charge < -0.3 is 14.5 Å². The molecule has 4 rings (SSSR count). The predicted molar refractivity (Wildman–Crippen MR) is 102 cm³/mol. The van der Waals surface area contributed by atoms with Crippen LogP contribution in [0.1, 0.15) is 11.4 Å². The molecule has 0 saturated carbocycles. The number of nitrogens with zero attached hydrogens (tertiary/aromatic N) is 2. The van der Waals surface area contributed by atoms with Crippen molar-refractivity contribution < 1.29 is 9.47 Å². The summed E-state index contributed by atoms with van der Waals surface area (Å²) in [6.07, 6.45) is 2.54. The highest BCUT2D eigenvalue weighted by Crippen LogP contribution is 2.28. The minimum Gasteiger partial charge on any atom is -0.493 e. The molecule has 0 fully saturated rings. The molecular weight excluding hydrogens is 326 g/mol. The van der Waals surface area contributed by atoms with Crippen molar-refractivity contribution in [2.24, 2.45) is 0 Å². The maximum Gasteiger partial charge on any atom is 0.161 e. The van der Waals surface area contributed by atoms with E-state index in [9.17, 15) is 0 Å². The third-order valence-corrected chi connectivity index (χ3v) is 4.31. The van der Waals surface area contributed by atoms with Crippen molar-refractivity contribution in [3.8, 4) is 22.6 Å². The second-order valence-corrected chi connectivity index (χ2v) is 6.01. The van der Waals surface area contributed by atoms with Crippen LogP contribution in [0.2, 0.25) is 0 Å². The fourth-order valence-electron chi connectivity index (χ4n) is 3.00. The Morgan fingerprint density at radius 3 is 2.46 bits per heavy atom. The van der Waals surface area contributed by atoms with Crippen LogP contribution in [0.15, 0.2) is 60.8 Å². The number of ether oxygens (including phenoxy) is 2. The molecule has 0 aliphatic heterocycles. The summed E-state index contributed by atoms with van der Waals surface area (Å²) in [4.78, 5) is 12.5. The molecule has 5 nitrogen and oxygen atoms in total. The number of aromatic amines is 1. The highest BCUT2D eigenvalue weighted by molar-refractivity contribution is 5.78. The molecule has 4 aromatic rings. The summed E-state index contributed by atoms with van der Waals surface area (Å²) in [6, 6.07) is 18.1. The number of imidazole rings is 1. The van der Waals surface area contributed by atoms with E-state index in [2.05, 4.69) is 28.2 Å². The molecule has 0 amide bonds. The van der Waals surface area contributed by atoms with Crippen LogP contribution in [-0.2, 0) is 6.42 Å². The van der Waals surface area contributed by atoms with E-state index in [-0.39, 0.29) is 0 Å². The average Bonchev–Trinajstić information content (AvgIpc) is 3.09. The van der Waals surface area contributed by atoms with Crippen molar-refractivity contribution in [2.45, 2.75) is 6.42 Å². The second kappa shape index (κ2) is 6.88. The number of H-pyrrole nitrogens is 1. The van der Waals surface area contributed by atoms with Crippen LogP contribution in [0, 0.1) is 0 Å². The molecular formula is C21H19N3O2. The molecule has 0 radical (unpaired) electrons. The van der Waals surface area contributed by atoms with Gasteiger partial charge in [-0.05, 0) is 29.3 Å². The van der Waals surface area contributed by atoms with E-state index >= 15 is 0 Å². The molecule has 0 spiro atoms. The van der Waals surface area contributed by atoms with Gasteiger partial charge in [0.1, 0.15) is 11.3 Å². The first-order valence-electron chi connectivity index (χ1n) is 8.38. The van der Waals surface area contributed by atoms with Gasteiger partial charge >= 0.3 is 0 Å². The first-order valence-corrected chi connectivity index (χ1v) is 8.38. The number of hydrogen-bond donors (Lipinski definition) is 1. The van der Waals surface area contributed by atoms with Gasteiger partial charge in [0.15, 0.2) is 17.1 Å². The Hall–Kier alpha value is -3.34. The van der Waals surface area contributed by atoms with Crippen molar-refractivity contribution >= 4 is 11.2 Å². The smallest absolute Gasteiger partial charge is 0.161 e. The van der Waals surface area contributed by atoms with E-state index in [1.54, 1.807) is 14.2 Å². The van der Waals surface area contributed by atoms with Gasteiger partial charge in [0.05, 0.1) is 14.2 Å². The second-order valence-electron chi connectivity index (χ2n) is 6.01. The molecule has 130 valence electrons. The molecule has 5 heteroatoms. The molecule has 2 heterocycles. The molecule has 0 aliphatic rings. The van der Waals surface area contributed by atoms with E-state index < -0.39 is 0 Å². The first kappa shape index (κ1) is 16.1. The molecule has 0 atom stereocenters. The quantitative estimate of drug-likeness (QED) is 0.588. The Morgan fingerprint density at radius 1 is 0.885 bits per heavy atom. The summed E-state index contributed by atoms with van der Waals surface area (Å²) in [5.41, 5.74) is 4.93. The van der Waals surface area contributed by atoms with E-state index in [0.29, 0.717) is 12.2 Å². The van der Waals surface area contributed by atoms with Crippen LogP contribution >= 0.6 is 0 Å². The number of benzene rings is 2. The van der Waals surface area contributed by atoms with Crippen LogP contribution in [0.25, 0.3) is 22.3 Å². The summed E-state index contributed by atoms with van der Waals surface area (Å²) < 4.78 is 10.7. The zero-order valence-electron chi connectivity index (χ0n) is 14.7. The summed E-state index contributed by atoms with van der Waals surface area (Å²) in [7, 11) is 3.27. The maximum absolute atomic E-state index is 5.37. The van der Waals surface area contributed by atoms with Gasteiger partial charge in [0, 0.05) is 18.2 Å². The van der Waals surface area contributed by atoms with Crippen molar-refractivity contribution in [1.29, 1.82) is 0 Å². The molecule has 26 heavy (non-hydrogen) atoms. The van der Waals surface area contributed by atoms with E-state index in [4.69, 9.17) is 14.5 Å². The lowest BCUT2D eigenvalue weighted by Crippen LogP contribution is -1.95. The van der Waals surface area contributed by atoms with Gasteiger partial charge in [-0.1, -0.05) is 36.4 Å². The minimum atomic E-state index is 0.664. The van der Waals surface area contributed by atoms with Gasteiger partial charge in [-0.3, -0.25) is 0 Å². The lowest BCUT2D eigenvalue weighted by atomic mass is 10.1. The molecule has 1 N–H and O–H groups in total. The predicted octanol–water partition coefficient (Wildman–Crippen LogP) is 4.23. The van der Waals surface area contributed by atoms with Gasteiger partial charge in [0.25, 0.3) is 0 Å². The first-order chi connectivity index (χ1) is 12.8. The fraction of sp³-hybridized carbons (Fsp3) is 0.143. The van der Waals surface area contributed by atoms with Crippen LogP contribution in [0.4, 0.5) is 0 Å². The Morgan fingerprint density at radius 2 is 1.69 bits per heavy atom. The van der Waals surface area contributed by atoms with Crippen molar-refractivity contribution in [2.75, 3.05) is 14.2 Å². The standard InChI is InChI=1S/C21H19N3O2/c1-25-18-9-8-14(10-19(18)26-2)11-20-23-17-12-16(13-22-21(17)24-20)15-6-4-3-5-7-15/h3-10,12-13H,11H2,1-2H3,(H,22,23,24). The van der Waals surface area contributed by atoms with E-state index in [0.717, 1.165) is 39.4 Å². The Labute approximate surface area is 151 Å². The monoisotopic (exact) mass is 345 g/mol. The zero-order valence-corrected chi connectivity index (χ0v) is 14.7. The van der Waals surface area contributed by atoms with Gasteiger partial charge in [-0.25, -0.2) is 9.97 Å². The largest absolute Gasteiger partial charge is 0.493 e. The number of hydrogen-bond acceptors (Lipinski definition) is 4. The van der Waals surface area contributed by atoms with E-state index in [1.807, 2.05) is 42.6 Å². The molecule has 0 bridgehead atoms. The Balaban J connectivity index is 1.64. The molecule has 0 aliphatic carbocycles. The summed E-state index contributed by atoms with van der Waals surface area (Å²) in [5, 5.41) is 0. The van der Waals surface area contributed by atoms with Crippen LogP contribution in [-0.4, -0.2) is 29.2 Å². The van der Waals surface area contributed by atoms with Crippen LogP contribution in [0.5, 0.6) is 11.5 Å². The lowest BCUT2D eigenvalue weighted by molar-refractivity contribution is 0.354. The lowest BCUT2D eigenvalue weighted by Gasteiger charge is -2.08. The van der Waals surface area contributed by atoms with Gasteiger partial charge in [0.2, 0.25) is 0 Å².